The molecule has 1 amide bonds. The molecule has 0 bridgehead atoms. The average molecular weight is 293 g/mol. The van der Waals surface area contributed by atoms with Gasteiger partial charge in [-0.05, 0) is 45.8 Å². The number of carbonyl (C=O) groups is 1. The van der Waals surface area contributed by atoms with Crippen LogP contribution in [0.25, 0.3) is 0 Å². The van der Waals surface area contributed by atoms with Crippen molar-refractivity contribution in [1.29, 1.82) is 0 Å². The first-order chi connectivity index (χ1) is 9.29. The molecule has 2 saturated heterocycles. The third kappa shape index (κ3) is 3.44. The van der Waals surface area contributed by atoms with Gasteiger partial charge in [-0.15, -0.1) is 0 Å². The van der Waals surface area contributed by atoms with Crippen LogP contribution in [0, 0.1) is 5.92 Å². The molecule has 0 aromatic rings. The zero-order chi connectivity index (χ0) is 14.9. The second-order valence-corrected chi connectivity index (χ2v) is 5.94. The minimum Gasteiger partial charge on any atom is -0.369 e. The third-order valence-corrected chi connectivity index (χ3v) is 4.63. The molecule has 116 valence electrons. The Morgan fingerprint density at radius 3 is 2.20 bits per heavy atom. The summed E-state index contributed by atoms with van der Waals surface area (Å²) >= 11 is 0. The second-order valence-electron chi connectivity index (χ2n) is 5.94. The summed E-state index contributed by atoms with van der Waals surface area (Å²) in [6, 6.07) is -1.16. The van der Waals surface area contributed by atoms with E-state index in [0.29, 0.717) is 13.0 Å². The first-order valence-corrected chi connectivity index (χ1v) is 7.09. The van der Waals surface area contributed by atoms with Gasteiger partial charge in [-0.2, -0.15) is 13.2 Å². The Morgan fingerprint density at radius 2 is 1.75 bits per heavy atom. The van der Waals surface area contributed by atoms with Gasteiger partial charge in [-0.1, -0.05) is 0 Å². The molecule has 20 heavy (non-hydrogen) atoms. The van der Waals surface area contributed by atoms with Gasteiger partial charge in [0, 0.05) is 18.5 Å². The minimum atomic E-state index is -4.14. The highest BCUT2D eigenvalue weighted by molar-refractivity contribution is 5.76. The topological polar surface area (TPSA) is 49.6 Å². The predicted molar refractivity (Wildman–Crippen MR) is 69.0 cm³/mol. The summed E-state index contributed by atoms with van der Waals surface area (Å²) < 4.78 is 38.4. The number of hydrogen-bond acceptors (Lipinski definition) is 3. The summed E-state index contributed by atoms with van der Waals surface area (Å²) in [6.07, 6.45) is -1.98. The maximum absolute atomic E-state index is 12.8. The van der Waals surface area contributed by atoms with Crippen molar-refractivity contribution < 1.29 is 18.0 Å². The zero-order valence-corrected chi connectivity index (χ0v) is 11.7. The predicted octanol–water partition coefficient (Wildman–Crippen LogP) is 1.21. The van der Waals surface area contributed by atoms with E-state index in [9.17, 15) is 18.0 Å². The Bertz CT molecular complexity index is 353. The molecule has 4 nitrogen and oxygen atoms in total. The molecule has 0 aromatic carbocycles. The summed E-state index contributed by atoms with van der Waals surface area (Å²) in [5.74, 6) is -0.335. The molecule has 0 saturated carbocycles. The second kappa shape index (κ2) is 5.89. The van der Waals surface area contributed by atoms with E-state index in [-0.39, 0.29) is 24.3 Å². The molecule has 2 N–H and O–H groups in total. The SMILES string of the molecule is CN1C[C@H](N2CCC(C(N)=O)CC2)CC[C@H]1C(F)(F)F. The monoisotopic (exact) mass is 293 g/mol. The van der Waals surface area contributed by atoms with Crippen LogP contribution in [0.3, 0.4) is 0 Å². The highest BCUT2D eigenvalue weighted by Crippen LogP contribution is 2.33. The van der Waals surface area contributed by atoms with Crippen molar-refractivity contribution in [3.05, 3.63) is 0 Å². The minimum absolute atomic E-state index is 0.0736. The van der Waals surface area contributed by atoms with Crippen LogP contribution in [0.4, 0.5) is 13.2 Å². The van der Waals surface area contributed by atoms with Crippen molar-refractivity contribution in [2.45, 2.75) is 43.9 Å². The molecule has 0 radical (unpaired) electrons. The Hall–Kier alpha value is -0.820. The largest absolute Gasteiger partial charge is 0.404 e. The van der Waals surface area contributed by atoms with Crippen LogP contribution in [0.1, 0.15) is 25.7 Å². The van der Waals surface area contributed by atoms with Crippen LogP contribution >= 0.6 is 0 Å². The zero-order valence-electron chi connectivity index (χ0n) is 11.7. The van der Waals surface area contributed by atoms with Crippen LogP contribution in [0.5, 0.6) is 0 Å². The van der Waals surface area contributed by atoms with Gasteiger partial charge in [-0.3, -0.25) is 14.6 Å². The van der Waals surface area contributed by atoms with Gasteiger partial charge in [0.1, 0.15) is 6.04 Å². The molecule has 2 aliphatic heterocycles. The van der Waals surface area contributed by atoms with Gasteiger partial charge >= 0.3 is 6.18 Å². The number of alkyl halides is 3. The molecule has 2 fully saturated rings. The highest BCUT2D eigenvalue weighted by atomic mass is 19.4. The molecule has 2 heterocycles. The fraction of sp³-hybridized carbons (Fsp3) is 0.923. The molecule has 7 heteroatoms. The number of amides is 1. The Labute approximate surface area is 117 Å². The lowest BCUT2D eigenvalue weighted by atomic mass is 9.92. The van der Waals surface area contributed by atoms with E-state index in [0.717, 1.165) is 25.9 Å². The summed E-state index contributed by atoms with van der Waals surface area (Å²) in [5, 5.41) is 0. The number of hydrogen-bond donors (Lipinski definition) is 1. The third-order valence-electron chi connectivity index (χ3n) is 4.63. The number of nitrogens with two attached hydrogens (primary N) is 1. The number of nitrogens with zero attached hydrogens (tertiary/aromatic N) is 2. The fourth-order valence-corrected chi connectivity index (χ4v) is 3.38. The number of piperidine rings is 2. The number of carbonyl (C=O) groups excluding carboxylic acids is 1. The lowest BCUT2D eigenvalue weighted by Gasteiger charge is -2.44. The number of likely N-dealkylation sites (N-methyl/N-ethyl adjacent to an activating group) is 1. The number of primary amides is 1. The Morgan fingerprint density at radius 1 is 1.15 bits per heavy atom. The summed E-state index contributed by atoms with van der Waals surface area (Å²) in [4.78, 5) is 14.7. The molecule has 0 aromatic heterocycles. The van der Waals surface area contributed by atoms with Crippen LogP contribution < -0.4 is 5.73 Å². The average Bonchev–Trinajstić information content (AvgIpc) is 2.37. The van der Waals surface area contributed by atoms with E-state index < -0.39 is 12.2 Å². The molecule has 0 unspecified atom stereocenters. The molecule has 2 rings (SSSR count). The van der Waals surface area contributed by atoms with E-state index >= 15 is 0 Å². The van der Waals surface area contributed by atoms with Gasteiger partial charge in [0.05, 0.1) is 0 Å². The highest BCUT2D eigenvalue weighted by Gasteiger charge is 2.45. The van der Waals surface area contributed by atoms with Gasteiger partial charge in [0.15, 0.2) is 0 Å². The molecule has 0 spiro atoms. The van der Waals surface area contributed by atoms with Crippen molar-refractivity contribution in [1.82, 2.24) is 9.80 Å². The van der Waals surface area contributed by atoms with Crippen molar-refractivity contribution in [2.75, 3.05) is 26.7 Å². The van der Waals surface area contributed by atoms with E-state index in [1.165, 1.54) is 4.90 Å². The Kier molecular flexibility index (Phi) is 4.59. The maximum Gasteiger partial charge on any atom is 0.404 e. The maximum atomic E-state index is 12.8. The molecular weight excluding hydrogens is 271 g/mol. The van der Waals surface area contributed by atoms with Gasteiger partial charge in [0.2, 0.25) is 5.91 Å². The standard InChI is InChI=1S/C13H22F3N3O/c1-18-8-10(2-3-11(18)13(14,15)16)19-6-4-9(5-7-19)12(17)20/h9-11H,2-8H2,1H3,(H2,17,20)/t10-,11+/m1/s1. The number of rotatable bonds is 2. The number of halogens is 3. The van der Waals surface area contributed by atoms with Crippen LogP contribution in [-0.4, -0.2) is 60.6 Å². The number of likely N-dealkylation sites (tertiary alicyclic amines) is 2. The van der Waals surface area contributed by atoms with Crippen molar-refractivity contribution in [3.63, 3.8) is 0 Å². The van der Waals surface area contributed by atoms with Crippen molar-refractivity contribution in [3.8, 4) is 0 Å². The molecular formula is C13H22F3N3O. The molecule has 2 aliphatic rings. The summed E-state index contributed by atoms with van der Waals surface area (Å²) in [7, 11) is 1.54. The van der Waals surface area contributed by atoms with Gasteiger partial charge in [-0.25, -0.2) is 0 Å². The van der Waals surface area contributed by atoms with Crippen LogP contribution in [0.2, 0.25) is 0 Å². The van der Waals surface area contributed by atoms with E-state index in [1.807, 2.05) is 0 Å². The van der Waals surface area contributed by atoms with Crippen LogP contribution in [0.15, 0.2) is 0 Å². The normalized spacial score (nSPS) is 31.4. The van der Waals surface area contributed by atoms with Crippen molar-refractivity contribution >= 4 is 5.91 Å². The van der Waals surface area contributed by atoms with Gasteiger partial charge in [0.25, 0.3) is 0 Å². The molecule has 0 aliphatic carbocycles. The van der Waals surface area contributed by atoms with Gasteiger partial charge < -0.3 is 5.73 Å². The Balaban J connectivity index is 1.86. The first-order valence-electron chi connectivity index (χ1n) is 7.09. The van der Waals surface area contributed by atoms with E-state index in [4.69, 9.17) is 5.73 Å². The van der Waals surface area contributed by atoms with E-state index in [1.54, 1.807) is 7.05 Å². The molecule has 2 atom stereocenters. The quantitative estimate of drug-likeness (QED) is 0.832. The lowest BCUT2D eigenvalue weighted by Crippen LogP contribution is -2.56. The fourth-order valence-electron chi connectivity index (χ4n) is 3.38. The van der Waals surface area contributed by atoms with E-state index in [2.05, 4.69) is 4.90 Å². The summed E-state index contributed by atoms with van der Waals surface area (Å²) in [5.41, 5.74) is 5.29. The van der Waals surface area contributed by atoms with Crippen molar-refractivity contribution in [2.24, 2.45) is 11.7 Å². The first kappa shape index (κ1) is 15.6. The van der Waals surface area contributed by atoms with Crippen LogP contribution in [-0.2, 0) is 4.79 Å². The smallest absolute Gasteiger partial charge is 0.369 e. The summed E-state index contributed by atoms with van der Waals surface area (Å²) in [6.45, 7) is 1.94. The lowest BCUT2D eigenvalue weighted by molar-refractivity contribution is -0.191.